The molecule has 1 fully saturated rings. The van der Waals surface area contributed by atoms with Crippen LogP contribution in [0.2, 0.25) is 0 Å². The Labute approximate surface area is 127 Å². The summed E-state index contributed by atoms with van der Waals surface area (Å²) in [5, 5.41) is 11.9. The molecule has 1 aromatic carbocycles. The van der Waals surface area contributed by atoms with Gasteiger partial charge in [0.15, 0.2) is 12.2 Å². The molecule has 0 spiro atoms. The number of nitrogens with zero attached hydrogens (tertiary/aromatic N) is 1. The van der Waals surface area contributed by atoms with Crippen LogP contribution >= 0.6 is 0 Å². The molecule has 0 aliphatic heterocycles. The molecule has 2 aromatic rings. The second-order valence-corrected chi connectivity index (χ2v) is 6.05. The van der Waals surface area contributed by atoms with Gasteiger partial charge in [-0.25, -0.2) is 4.98 Å². The van der Waals surface area contributed by atoms with Crippen LogP contribution in [-0.2, 0) is 9.59 Å². The third-order valence-corrected chi connectivity index (χ3v) is 4.25. The van der Waals surface area contributed by atoms with Gasteiger partial charge in [0.25, 0.3) is 0 Å². The van der Waals surface area contributed by atoms with Crippen LogP contribution in [0.15, 0.2) is 41.3 Å². The molecule has 6 nitrogen and oxygen atoms in total. The minimum absolute atomic E-state index is 0.259. The topological polar surface area (TPSA) is 92.4 Å². The molecule has 0 unspecified atom stereocenters. The van der Waals surface area contributed by atoms with E-state index in [2.05, 4.69) is 10.3 Å². The Bertz CT molecular complexity index is 704. The van der Waals surface area contributed by atoms with Crippen molar-refractivity contribution < 1.29 is 19.1 Å². The number of carbonyl (C=O) groups excluding carboxylic acids is 1. The number of amides is 1. The fraction of sp³-hybridized carbons (Fsp3) is 0.312. The van der Waals surface area contributed by atoms with Crippen molar-refractivity contribution in [3.63, 3.8) is 0 Å². The summed E-state index contributed by atoms with van der Waals surface area (Å²) < 4.78 is 5.19. The number of hydrogen-bond donors (Lipinski definition) is 2. The smallest absolute Gasteiger partial charge is 0.307 e. The number of carboxylic acids is 1. The number of rotatable bonds is 4. The van der Waals surface area contributed by atoms with E-state index in [-0.39, 0.29) is 5.91 Å². The van der Waals surface area contributed by atoms with Crippen LogP contribution in [0.5, 0.6) is 0 Å². The standard InChI is InChI=1S/C16H16N2O4/c1-16(2)12(13(16)15(20)21)14(19)18-10-5-3-9(4-6-10)11-7-17-8-22-11/h3-8,12-13H,1-2H3,(H,18,19)(H,20,21)/t12-,13+/m1/s1. The summed E-state index contributed by atoms with van der Waals surface area (Å²) in [7, 11) is 0. The SMILES string of the molecule is CC1(C)[C@H](C(=O)O)[C@@H]1C(=O)Nc1ccc(-c2cnco2)cc1. The van der Waals surface area contributed by atoms with E-state index < -0.39 is 23.2 Å². The van der Waals surface area contributed by atoms with Gasteiger partial charge in [-0.3, -0.25) is 9.59 Å². The number of hydrogen-bond acceptors (Lipinski definition) is 4. The quantitative estimate of drug-likeness (QED) is 0.905. The van der Waals surface area contributed by atoms with Crippen LogP contribution in [0.3, 0.4) is 0 Å². The van der Waals surface area contributed by atoms with Crippen LogP contribution in [0.1, 0.15) is 13.8 Å². The molecule has 6 heteroatoms. The zero-order valence-electron chi connectivity index (χ0n) is 12.2. The maximum Gasteiger partial charge on any atom is 0.307 e. The van der Waals surface area contributed by atoms with E-state index in [4.69, 9.17) is 9.52 Å². The Balaban J connectivity index is 1.69. The van der Waals surface area contributed by atoms with E-state index in [1.54, 1.807) is 32.2 Å². The lowest BCUT2D eigenvalue weighted by Crippen LogP contribution is -2.17. The molecule has 1 saturated carbocycles. The fourth-order valence-corrected chi connectivity index (χ4v) is 2.88. The normalized spacial score (nSPS) is 22.1. The summed E-state index contributed by atoms with van der Waals surface area (Å²) >= 11 is 0. The van der Waals surface area contributed by atoms with Crippen LogP contribution in [-0.4, -0.2) is 22.0 Å². The van der Waals surface area contributed by atoms with Crippen LogP contribution in [0, 0.1) is 17.3 Å². The summed E-state index contributed by atoms with van der Waals surface area (Å²) in [6.45, 7) is 3.59. The highest BCUT2D eigenvalue weighted by Crippen LogP contribution is 2.58. The van der Waals surface area contributed by atoms with Crippen molar-refractivity contribution in [1.82, 2.24) is 4.98 Å². The van der Waals surface area contributed by atoms with E-state index in [0.717, 1.165) is 5.56 Å². The number of nitrogens with one attached hydrogen (secondary N) is 1. The van der Waals surface area contributed by atoms with Crippen LogP contribution in [0.4, 0.5) is 5.69 Å². The highest BCUT2D eigenvalue weighted by Gasteiger charge is 2.65. The minimum Gasteiger partial charge on any atom is -0.481 e. The first-order valence-electron chi connectivity index (χ1n) is 6.94. The number of oxazole rings is 1. The molecule has 1 aliphatic carbocycles. The van der Waals surface area contributed by atoms with Gasteiger partial charge in [0.05, 0.1) is 18.0 Å². The number of carbonyl (C=O) groups is 2. The third-order valence-electron chi connectivity index (χ3n) is 4.25. The predicted octanol–water partition coefficient (Wildman–Crippen LogP) is 2.64. The molecule has 22 heavy (non-hydrogen) atoms. The Morgan fingerprint density at radius 3 is 2.41 bits per heavy atom. The summed E-state index contributed by atoms with van der Waals surface area (Å²) in [4.78, 5) is 27.2. The molecule has 1 amide bonds. The van der Waals surface area contributed by atoms with Gasteiger partial charge in [-0.2, -0.15) is 0 Å². The maximum absolute atomic E-state index is 12.2. The first kappa shape index (κ1) is 14.3. The molecule has 1 heterocycles. The number of aliphatic carboxylic acids is 1. The Hall–Kier alpha value is -2.63. The predicted molar refractivity (Wildman–Crippen MR) is 79.0 cm³/mol. The van der Waals surface area contributed by atoms with Crippen molar-refractivity contribution in [2.75, 3.05) is 5.32 Å². The summed E-state index contributed by atoms with van der Waals surface area (Å²) in [6, 6.07) is 7.12. The summed E-state index contributed by atoms with van der Waals surface area (Å²) in [5.41, 5.74) is 0.973. The summed E-state index contributed by atoms with van der Waals surface area (Å²) in [6.07, 6.45) is 2.96. The maximum atomic E-state index is 12.2. The molecule has 0 radical (unpaired) electrons. The average Bonchev–Trinajstić information content (AvgIpc) is 2.84. The molecule has 114 valence electrons. The van der Waals surface area contributed by atoms with Crippen molar-refractivity contribution in [3.8, 4) is 11.3 Å². The molecule has 2 atom stereocenters. The number of aromatic nitrogens is 1. The second-order valence-electron chi connectivity index (χ2n) is 6.05. The average molecular weight is 300 g/mol. The van der Waals surface area contributed by atoms with E-state index >= 15 is 0 Å². The van der Waals surface area contributed by atoms with E-state index in [1.807, 2.05) is 12.1 Å². The molecule has 0 bridgehead atoms. The molecule has 3 rings (SSSR count). The first-order chi connectivity index (χ1) is 10.4. The molecule has 0 saturated heterocycles. The van der Waals surface area contributed by atoms with E-state index in [0.29, 0.717) is 11.4 Å². The van der Waals surface area contributed by atoms with Crippen LogP contribution < -0.4 is 5.32 Å². The van der Waals surface area contributed by atoms with Gasteiger partial charge in [0, 0.05) is 11.3 Å². The van der Waals surface area contributed by atoms with Gasteiger partial charge >= 0.3 is 5.97 Å². The van der Waals surface area contributed by atoms with Crippen molar-refractivity contribution in [1.29, 1.82) is 0 Å². The van der Waals surface area contributed by atoms with Gasteiger partial charge in [0.2, 0.25) is 5.91 Å². The monoisotopic (exact) mass is 300 g/mol. The van der Waals surface area contributed by atoms with Gasteiger partial charge < -0.3 is 14.8 Å². The lowest BCUT2D eigenvalue weighted by atomic mass is 10.1. The number of carboxylic acid groups (broad SMARTS) is 1. The third kappa shape index (κ3) is 2.36. The number of anilines is 1. The number of benzene rings is 1. The van der Waals surface area contributed by atoms with E-state index in [9.17, 15) is 9.59 Å². The lowest BCUT2D eigenvalue weighted by molar-refractivity contribution is -0.140. The lowest BCUT2D eigenvalue weighted by Gasteiger charge is -2.06. The molecular weight excluding hydrogens is 284 g/mol. The highest BCUT2D eigenvalue weighted by molar-refractivity contribution is 5.99. The minimum atomic E-state index is -0.925. The second kappa shape index (κ2) is 4.98. The molecule has 2 N–H and O–H groups in total. The van der Waals surface area contributed by atoms with Crippen molar-refractivity contribution >= 4 is 17.6 Å². The Kier molecular flexibility index (Phi) is 3.24. The van der Waals surface area contributed by atoms with Gasteiger partial charge in [-0.05, 0) is 29.7 Å². The zero-order chi connectivity index (χ0) is 15.9. The van der Waals surface area contributed by atoms with E-state index in [1.165, 1.54) is 6.39 Å². The van der Waals surface area contributed by atoms with Crippen molar-refractivity contribution in [2.24, 2.45) is 17.3 Å². The first-order valence-corrected chi connectivity index (χ1v) is 6.94. The fourth-order valence-electron chi connectivity index (χ4n) is 2.88. The van der Waals surface area contributed by atoms with Crippen molar-refractivity contribution in [3.05, 3.63) is 36.9 Å². The molecular formula is C16H16N2O4. The van der Waals surface area contributed by atoms with Crippen LogP contribution in [0.25, 0.3) is 11.3 Å². The van der Waals surface area contributed by atoms with Gasteiger partial charge in [-0.15, -0.1) is 0 Å². The zero-order valence-corrected chi connectivity index (χ0v) is 12.2. The van der Waals surface area contributed by atoms with Gasteiger partial charge in [0.1, 0.15) is 0 Å². The van der Waals surface area contributed by atoms with Gasteiger partial charge in [-0.1, -0.05) is 13.8 Å². The molecule has 1 aromatic heterocycles. The van der Waals surface area contributed by atoms with Crippen molar-refractivity contribution in [2.45, 2.75) is 13.8 Å². The highest BCUT2D eigenvalue weighted by atomic mass is 16.4. The largest absolute Gasteiger partial charge is 0.481 e. The molecule has 1 aliphatic rings. The Morgan fingerprint density at radius 1 is 1.23 bits per heavy atom. The summed E-state index contributed by atoms with van der Waals surface area (Å²) in [5.74, 6) is -1.66. The Morgan fingerprint density at radius 2 is 1.91 bits per heavy atom.